The van der Waals surface area contributed by atoms with Gasteiger partial charge < -0.3 is 5.11 Å². The third-order valence-corrected chi connectivity index (χ3v) is 6.29. The Hall–Kier alpha value is -3.74. The molecule has 0 spiro atoms. The Bertz CT molecular complexity index is 1330. The molecule has 7 heteroatoms. The van der Waals surface area contributed by atoms with Crippen LogP contribution in [0.1, 0.15) is 38.1 Å². The van der Waals surface area contributed by atoms with Gasteiger partial charge in [0.25, 0.3) is 5.56 Å². The summed E-state index contributed by atoms with van der Waals surface area (Å²) in [6.07, 6.45) is 5.44. The maximum Gasteiger partial charge on any atom is 0.303 e. The number of carboxylic acid groups (broad SMARTS) is 1. The lowest BCUT2D eigenvalue weighted by molar-refractivity contribution is -0.138. The van der Waals surface area contributed by atoms with Gasteiger partial charge in [-0.3, -0.25) is 9.59 Å². The van der Waals surface area contributed by atoms with Crippen molar-refractivity contribution < 1.29 is 9.90 Å². The molecule has 3 heterocycles. The first-order chi connectivity index (χ1) is 15.6. The molecule has 1 saturated carbocycles. The molecule has 0 aliphatic heterocycles. The highest BCUT2D eigenvalue weighted by Crippen LogP contribution is 2.37. The molecule has 1 aliphatic carbocycles. The average Bonchev–Trinajstić information content (AvgIpc) is 3.20. The van der Waals surface area contributed by atoms with Crippen molar-refractivity contribution in [3.05, 3.63) is 77.2 Å². The van der Waals surface area contributed by atoms with Crippen LogP contribution in [0.5, 0.6) is 0 Å². The number of aromatic nitrogens is 4. The van der Waals surface area contributed by atoms with E-state index in [0.717, 1.165) is 48.0 Å². The summed E-state index contributed by atoms with van der Waals surface area (Å²) < 4.78 is 3.34. The van der Waals surface area contributed by atoms with Crippen LogP contribution in [-0.2, 0) is 4.79 Å². The van der Waals surface area contributed by atoms with Gasteiger partial charge in [-0.2, -0.15) is 10.2 Å². The van der Waals surface area contributed by atoms with Gasteiger partial charge in [0, 0.05) is 17.8 Å². The van der Waals surface area contributed by atoms with E-state index in [1.54, 1.807) is 6.07 Å². The minimum Gasteiger partial charge on any atom is -0.481 e. The first-order valence-electron chi connectivity index (χ1n) is 11.0. The van der Waals surface area contributed by atoms with Gasteiger partial charge in [0.1, 0.15) is 5.69 Å². The van der Waals surface area contributed by atoms with Crippen LogP contribution in [0.2, 0.25) is 0 Å². The number of nitrogens with zero attached hydrogens (tertiary/aromatic N) is 4. The Balaban J connectivity index is 1.67. The van der Waals surface area contributed by atoms with Gasteiger partial charge in [-0.1, -0.05) is 49.2 Å². The molecule has 3 aromatic heterocycles. The quantitative estimate of drug-likeness (QED) is 0.508. The molecule has 0 saturated heterocycles. The second-order valence-corrected chi connectivity index (χ2v) is 8.33. The van der Waals surface area contributed by atoms with E-state index >= 15 is 0 Å². The van der Waals surface area contributed by atoms with Crippen molar-refractivity contribution >= 4 is 11.5 Å². The Morgan fingerprint density at radius 2 is 1.75 bits per heavy atom. The van der Waals surface area contributed by atoms with Gasteiger partial charge in [-0.15, -0.1) is 0 Å². The Morgan fingerprint density at radius 3 is 2.56 bits per heavy atom. The molecule has 0 unspecified atom stereocenters. The zero-order valence-corrected chi connectivity index (χ0v) is 17.6. The smallest absolute Gasteiger partial charge is 0.303 e. The van der Waals surface area contributed by atoms with Crippen LogP contribution in [-0.4, -0.2) is 30.5 Å². The maximum atomic E-state index is 12.8. The van der Waals surface area contributed by atoms with E-state index in [-0.39, 0.29) is 23.9 Å². The molecule has 5 rings (SSSR count). The molecule has 0 radical (unpaired) electrons. The lowest BCUT2D eigenvalue weighted by atomic mass is 9.82. The van der Waals surface area contributed by atoms with Gasteiger partial charge >= 0.3 is 5.97 Å². The maximum absolute atomic E-state index is 12.8. The fourth-order valence-corrected chi connectivity index (χ4v) is 4.82. The molecule has 7 nitrogen and oxygen atoms in total. The fraction of sp³-hybridized carbons (Fsp3) is 0.280. The molecule has 2 atom stereocenters. The number of pyridine rings is 1. The van der Waals surface area contributed by atoms with Crippen molar-refractivity contribution in [2.24, 2.45) is 5.92 Å². The first kappa shape index (κ1) is 20.2. The SMILES string of the molecule is O=C(O)C[C@H]1CCCC[C@@H]1n1nc(-c2c(-c3ccccc3)nn3ccccc23)ccc1=O. The van der Waals surface area contributed by atoms with E-state index in [2.05, 4.69) is 0 Å². The van der Waals surface area contributed by atoms with Gasteiger partial charge in [0.15, 0.2) is 0 Å². The lowest BCUT2D eigenvalue weighted by Crippen LogP contribution is -2.34. The van der Waals surface area contributed by atoms with E-state index in [1.165, 1.54) is 10.7 Å². The van der Waals surface area contributed by atoms with Gasteiger partial charge in [0.05, 0.1) is 29.2 Å². The summed E-state index contributed by atoms with van der Waals surface area (Å²) in [5.74, 6) is -0.931. The first-order valence-corrected chi connectivity index (χ1v) is 11.0. The number of fused-ring (bicyclic) bond motifs is 1. The lowest BCUT2D eigenvalue weighted by Gasteiger charge is -2.31. The summed E-state index contributed by atoms with van der Waals surface area (Å²) in [5.41, 5.74) is 3.97. The Kier molecular flexibility index (Phi) is 5.31. The highest BCUT2D eigenvalue weighted by Gasteiger charge is 2.30. The third kappa shape index (κ3) is 3.70. The molecule has 1 aliphatic rings. The second-order valence-electron chi connectivity index (χ2n) is 8.33. The molecule has 0 amide bonds. The molecule has 4 aromatic rings. The topological polar surface area (TPSA) is 89.5 Å². The van der Waals surface area contributed by atoms with Crippen molar-refractivity contribution in [3.8, 4) is 22.5 Å². The summed E-state index contributed by atoms with van der Waals surface area (Å²) in [5, 5.41) is 18.9. The minimum atomic E-state index is -0.833. The van der Waals surface area contributed by atoms with Gasteiger partial charge in [0.2, 0.25) is 0 Å². The van der Waals surface area contributed by atoms with Crippen molar-refractivity contribution in [1.82, 2.24) is 19.4 Å². The number of benzene rings is 1. The number of carbonyl (C=O) groups is 1. The Morgan fingerprint density at radius 1 is 0.969 bits per heavy atom. The van der Waals surface area contributed by atoms with E-state index < -0.39 is 5.97 Å². The second kappa shape index (κ2) is 8.42. The molecular weight excluding hydrogens is 404 g/mol. The highest BCUT2D eigenvalue weighted by molar-refractivity contribution is 5.90. The van der Waals surface area contributed by atoms with Crippen LogP contribution in [0.25, 0.3) is 28.0 Å². The van der Waals surface area contributed by atoms with Crippen molar-refractivity contribution in [2.75, 3.05) is 0 Å². The van der Waals surface area contributed by atoms with E-state index in [4.69, 9.17) is 10.2 Å². The fourth-order valence-electron chi connectivity index (χ4n) is 4.82. The standard InChI is InChI=1S/C25H24N4O3/c30-22-14-13-19(26-29(22)20-11-5-4-10-18(20)16-23(31)32)24-21-12-6-7-15-28(21)27-25(24)17-8-2-1-3-9-17/h1-3,6-9,12-15,18,20H,4-5,10-11,16H2,(H,31,32)/t18-,20+/m1/s1. The van der Waals surface area contributed by atoms with Crippen LogP contribution in [0, 0.1) is 5.92 Å². The van der Waals surface area contributed by atoms with Crippen LogP contribution in [0.15, 0.2) is 71.7 Å². The number of hydrogen-bond acceptors (Lipinski definition) is 4. The Labute approximate surface area is 185 Å². The number of aliphatic carboxylic acids is 1. The van der Waals surface area contributed by atoms with Crippen LogP contribution >= 0.6 is 0 Å². The zero-order chi connectivity index (χ0) is 22.1. The van der Waals surface area contributed by atoms with E-state index in [9.17, 15) is 14.7 Å². The number of hydrogen-bond donors (Lipinski definition) is 1. The van der Waals surface area contributed by atoms with Crippen LogP contribution in [0.4, 0.5) is 0 Å². The summed E-state index contributed by atoms with van der Waals surface area (Å²) in [6, 6.07) is 18.8. The van der Waals surface area contributed by atoms with Crippen LogP contribution < -0.4 is 5.56 Å². The summed E-state index contributed by atoms with van der Waals surface area (Å²) >= 11 is 0. The summed E-state index contributed by atoms with van der Waals surface area (Å²) in [7, 11) is 0. The van der Waals surface area contributed by atoms with E-state index in [0.29, 0.717) is 5.69 Å². The summed E-state index contributed by atoms with van der Waals surface area (Å²) in [4.78, 5) is 24.2. The third-order valence-electron chi connectivity index (χ3n) is 6.29. The molecule has 32 heavy (non-hydrogen) atoms. The summed E-state index contributed by atoms with van der Waals surface area (Å²) in [6.45, 7) is 0. The van der Waals surface area contributed by atoms with E-state index in [1.807, 2.05) is 59.2 Å². The molecule has 1 fully saturated rings. The molecular formula is C25H24N4O3. The minimum absolute atomic E-state index is 0.0506. The largest absolute Gasteiger partial charge is 0.481 e. The van der Waals surface area contributed by atoms with Crippen LogP contribution in [0.3, 0.4) is 0 Å². The predicted molar refractivity (Wildman–Crippen MR) is 121 cm³/mol. The molecule has 162 valence electrons. The molecule has 0 bridgehead atoms. The van der Waals surface area contributed by atoms with Gasteiger partial charge in [-0.25, -0.2) is 9.20 Å². The molecule has 1 N–H and O–H groups in total. The molecule has 1 aromatic carbocycles. The zero-order valence-electron chi connectivity index (χ0n) is 17.6. The average molecular weight is 428 g/mol. The monoisotopic (exact) mass is 428 g/mol. The normalized spacial score (nSPS) is 18.6. The predicted octanol–water partition coefficient (Wildman–Crippen LogP) is 4.43. The van der Waals surface area contributed by atoms with Crippen molar-refractivity contribution in [1.29, 1.82) is 0 Å². The highest BCUT2D eigenvalue weighted by atomic mass is 16.4. The van der Waals surface area contributed by atoms with Crippen molar-refractivity contribution in [2.45, 2.75) is 38.1 Å². The van der Waals surface area contributed by atoms with Crippen molar-refractivity contribution in [3.63, 3.8) is 0 Å². The van der Waals surface area contributed by atoms with Gasteiger partial charge in [-0.05, 0) is 37.0 Å². The number of rotatable bonds is 5. The number of carboxylic acids is 1.